The van der Waals surface area contributed by atoms with Crippen LogP contribution in [0.3, 0.4) is 0 Å². The molecule has 1 saturated carbocycles. The zero-order valence-corrected chi connectivity index (χ0v) is 19.1. The van der Waals surface area contributed by atoms with Crippen LogP contribution in [0, 0.1) is 5.82 Å². The maximum absolute atomic E-state index is 15.2. The van der Waals surface area contributed by atoms with Gasteiger partial charge in [-0.05, 0) is 31.9 Å². The number of anilines is 1. The highest BCUT2D eigenvalue weighted by molar-refractivity contribution is 7.89. The number of hydrogen-bond donors (Lipinski definition) is 2. The van der Waals surface area contributed by atoms with Crippen LogP contribution in [0.4, 0.5) is 19.1 Å². The van der Waals surface area contributed by atoms with Gasteiger partial charge in [-0.1, -0.05) is 11.3 Å². The highest BCUT2D eigenvalue weighted by Gasteiger charge is 2.41. The second kappa shape index (κ2) is 8.11. The Morgan fingerprint density at radius 2 is 1.91 bits per heavy atom. The molecule has 3 aromatic rings. The van der Waals surface area contributed by atoms with Crippen LogP contribution in [-0.4, -0.2) is 60.3 Å². The molecule has 0 amide bonds. The molecule has 1 saturated heterocycles. The van der Waals surface area contributed by atoms with Gasteiger partial charge in [0, 0.05) is 37.1 Å². The molecule has 176 valence electrons. The largest absolute Gasteiger partial charge is 0.338 e. The number of sulfonamides is 1. The molecule has 14 heteroatoms. The van der Waals surface area contributed by atoms with E-state index in [9.17, 15) is 17.2 Å². The van der Waals surface area contributed by atoms with Crippen molar-refractivity contribution in [2.75, 3.05) is 31.1 Å². The maximum Gasteiger partial charge on any atom is 0.291 e. The van der Waals surface area contributed by atoms with E-state index in [0.717, 1.165) is 6.07 Å². The lowest BCUT2D eigenvalue weighted by atomic mass is 10.2. The van der Waals surface area contributed by atoms with Crippen molar-refractivity contribution in [3.05, 3.63) is 23.0 Å². The van der Waals surface area contributed by atoms with E-state index in [4.69, 9.17) is 0 Å². The zero-order valence-electron chi connectivity index (χ0n) is 17.5. The minimum Gasteiger partial charge on any atom is -0.338 e. The third kappa shape index (κ3) is 4.39. The lowest BCUT2D eigenvalue weighted by Crippen LogP contribution is -2.44. The van der Waals surface area contributed by atoms with Gasteiger partial charge in [0.15, 0.2) is 15.8 Å². The predicted octanol–water partition coefficient (Wildman–Crippen LogP) is 2.47. The molecule has 0 bridgehead atoms. The molecule has 1 aliphatic heterocycles. The van der Waals surface area contributed by atoms with E-state index in [0.29, 0.717) is 50.4 Å². The van der Waals surface area contributed by atoms with Gasteiger partial charge in [0.05, 0.1) is 4.90 Å². The fourth-order valence-electron chi connectivity index (χ4n) is 3.57. The monoisotopic (exact) mass is 499 g/mol. The van der Waals surface area contributed by atoms with E-state index in [-0.39, 0.29) is 32.4 Å². The molecule has 2 aliphatic rings. The van der Waals surface area contributed by atoms with Gasteiger partial charge >= 0.3 is 0 Å². The average molecular weight is 500 g/mol. The van der Waals surface area contributed by atoms with Crippen LogP contribution < -0.4 is 14.9 Å². The molecular formula is C19H20F3N7O2S2. The first kappa shape index (κ1) is 22.4. The molecule has 0 atom stereocenters. The highest BCUT2D eigenvalue weighted by Crippen LogP contribution is 2.38. The molecule has 1 aliphatic carbocycles. The Labute approximate surface area is 191 Å². The van der Waals surface area contributed by atoms with Crippen molar-refractivity contribution in [3.8, 4) is 10.7 Å². The summed E-state index contributed by atoms with van der Waals surface area (Å²) < 4.78 is 69.9. The molecule has 5 rings (SSSR count). The number of rotatable bonds is 6. The number of hydrogen-bond acceptors (Lipinski definition) is 9. The Bertz CT molecular complexity index is 1320. The summed E-state index contributed by atoms with van der Waals surface area (Å²) in [5.41, 5.74) is -0.605. The molecule has 2 fully saturated rings. The fraction of sp³-hybridized carbons (Fsp3) is 0.474. The number of halogens is 3. The van der Waals surface area contributed by atoms with E-state index in [2.05, 4.69) is 30.2 Å². The Morgan fingerprint density at radius 3 is 2.55 bits per heavy atom. The Morgan fingerprint density at radius 1 is 1.18 bits per heavy atom. The molecule has 2 N–H and O–H groups in total. The first-order chi connectivity index (χ1) is 15.7. The maximum atomic E-state index is 15.2. The lowest BCUT2D eigenvalue weighted by Gasteiger charge is -2.27. The average Bonchev–Trinajstić information content (AvgIpc) is 3.29. The fourth-order valence-corrected chi connectivity index (χ4v) is 5.77. The molecule has 0 radical (unpaired) electrons. The highest BCUT2D eigenvalue weighted by atomic mass is 32.2. The van der Waals surface area contributed by atoms with Gasteiger partial charge in [0.2, 0.25) is 16.0 Å². The molecular weight excluding hydrogens is 479 g/mol. The van der Waals surface area contributed by atoms with Gasteiger partial charge in [-0.25, -0.2) is 36.3 Å². The second-order valence-corrected chi connectivity index (χ2v) is 11.0. The summed E-state index contributed by atoms with van der Waals surface area (Å²) in [4.78, 5) is 10.4. The van der Waals surface area contributed by atoms with E-state index < -0.39 is 32.8 Å². The molecule has 2 aromatic heterocycles. The van der Waals surface area contributed by atoms with Crippen molar-refractivity contribution in [1.29, 1.82) is 0 Å². The standard InChI is InChI=1S/C19H20F3N7O2S2/c1-19(2-3-19)28-33(30,31)10-8-11-13(12(20)9-10)24-18(29-6-4-23-5-7-29)25-14(11)16-26-27-17(32-16)15(21)22/h8-9,15,23,28H,2-7H2,1H3. The third-order valence-corrected chi connectivity index (χ3v) is 8.19. The normalized spacial score (nSPS) is 18.3. The topological polar surface area (TPSA) is 113 Å². The van der Waals surface area contributed by atoms with Crippen molar-refractivity contribution in [1.82, 2.24) is 30.2 Å². The predicted molar refractivity (Wildman–Crippen MR) is 116 cm³/mol. The van der Waals surface area contributed by atoms with Crippen LogP contribution in [0.25, 0.3) is 21.6 Å². The molecule has 9 nitrogen and oxygen atoms in total. The number of piperazine rings is 1. The van der Waals surface area contributed by atoms with E-state index in [1.807, 2.05) is 4.90 Å². The summed E-state index contributed by atoms with van der Waals surface area (Å²) in [6.07, 6.45) is -1.45. The van der Waals surface area contributed by atoms with E-state index in [1.54, 1.807) is 6.92 Å². The quantitative estimate of drug-likeness (QED) is 0.532. The van der Waals surface area contributed by atoms with Crippen LogP contribution >= 0.6 is 11.3 Å². The van der Waals surface area contributed by atoms with Crippen LogP contribution in [0.2, 0.25) is 0 Å². The first-order valence-corrected chi connectivity index (χ1v) is 12.6. The summed E-state index contributed by atoms with van der Waals surface area (Å²) in [7, 11) is -4.02. The number of fused-ring (bicyclic) bond motifs is 1. The van der Waals surface area contributed by atoms with Crippen LogP contribution in [0.15, 0.2) is 17.0 Å². The van der Waals surface area contributed by atoms with Crippen LogP contribution in [0.5, 0.6) is 0 Å². The number of nitrogens with zero attached hydrogens (tertiary/aromatic N) is 5. The van der Waals surface area contributed by atoms with Crippen molar-refractivity contribution < 1.29 is 21.6 Å². The molecule has 0 unspecified atom stereocenters. The smallest absolute Gasteiger partial charge is 0.291 e. The molecule has 33 heavy (non-hydrogen) atoms. The molecule has 3 heterocycles. The second-order valence-electron chi connectivity index (χ2n) is 8.32. The lowest BCUT2D eigenvalue weighted by molar-refractivity contribution is 0.150. The summed E-state index contributed by atoms with van der Waals surface area (Å²) in [5.74, 6) is -0.640. The number of alkyl halides is 2. The minimum atomic E-state index is -4.02. The first-order valence-electron chi connectivity index (χ1n) is 10.3. The van der Waals surface area contributed by atoms with Gasteiger partial charge in [-0.2, -0.15) is 0 Å². The Kier molecular flexibility index (Phi) is 5.50. The summed E-state index contributed by atoms with van der Waals surface area (Å²) in [6.45, 7) is 4.26. The van der Waals surface area contributed by atoms with Crippen molar-refractivity contribution in [2.45, 2.75) is 36.6 Å². The zero-order chi connectivity index (χ0) is 23.4. The third-order valence-electron chi connectivity index (χ3n) is 5.64. The van der Waals surface area contributed by atoms with Gasteiger partial charge in [0.25, 0.3) is 6.43 Å². The number of aromatic nitrogens is 4. The molecule has 0 spiro atoms. The van der Waals surface area contributed by atoms with Gasteiger partial charge in [-0.3, -0.25) is 0 Å². The Balaban J connectivity index is 1.69. The SMILES string of the molecule is CC1(NS(=O)(=O)c2cc(F)c3nc(N4CCNCC4)nc(-c4nnc(C(F)F)s4)c3c2)CC1. The van der Waals surface area contributed by atoms with Gasteiger partial charge in [0.1, 0.15) is 11.2 Å². The van der Waals surface area contributed by atoms with Gasteiger partial charge in [-0.15, -0.1) is 10.2 Å². The summed E-state index contributed by atoms with van der Waals surface area (Å²) in [6, 6.07) is 2.17. The van der Waals surface area contributed by atoms with Crippen LogP contribution in [-0.2, 0) is 10.0 Å². The van der Waals surface area contributed by atoms with Crippen molar-refractivity contribution in [2.24, 2.45) is 0 Å². The minimum absolute atomic E-state index is 0.0325. The van der Waals surface area contributed by atoms with Gasteiger partial charge < -0.3 is 10.2 Å². The molecule has 1 aromatic carbocycles. The van der Waals surface area contributed by atoms with Crippen molar-refractivity contribution >= 4 is 38.2 Å². The van der Waals surface area contributed by atoms with Crippen molar-refractivity contribution in [3.63, 3.8) is 0 Å². The van der Waals surface area contributed by atoms with E-state index in [1.165, 1.54) is 6.07 Å². The van der Waals surface area contributed by atoms with E-state index >= 15 is 4.39 Å². The summed E-state index contributed by atoms with van der Waals surface area (Å²) in [5, 5.41) is 10.1. The Hall–Kier alpha value is -2.42. The van der Waals surface area contributed by atoms with Crippen LogP contribution in [0.1, 0.15) is 31.2 Å². The number of benzene rings is 1. The number of nitrogens with one attached hydrogen (secondary N) is 2. The summed E-state index contributed by atoms with van der Waals surface area (Å²) >= 11 is 0.623.